The van der Waals surface area contributed by atoms with Crippen molar-refractivity contribution in [3.05, 3.63) is 59.2 Å². The van der Waals surface area contributed by atoms with E-state index < -0.39 is 10.0 Å². The maximum Gasteiger partial charge on any atom is 0.240 e. The Morgan fingerprint density at radius 1 is 1.00 bits per heavy atom. The van der Waals surface area contributed by atoms with Gasteiger partial charge in [-0.15, -0.1) is 0 Å². The minimum absolute atomic E-state index is 0.293. The van der Waals surface area contributed by atoms with Crippen molar-refractivity contribution in [2.24, 2.45) is 5.92 Å². The van der Waals surface area contributed by atoms with Gasteiger partial charge in [-0.2, -0.15) is 0 Å². The summed E-state index contributed by atoms with van der Waals surface area (Å²) >= 11 is 6.10. The molecule has 1 aliphatic heterocycles. The van der Waals surface area contributed by atoms with Crippen molar-refractivity contribution in [1.82, 2.24) is 15.0 Å². The van der Waals surface area contributed by atoms with Crippen LogP contribution in [0.2, 0.25) is 5.02 Å². The summed E-state index contributed by atoms with van der Waals surface area (Å²) in [5.41, 5.74) is 3.13. The van der Waals surface area contributed by atoms with Crippen LogP contribution < -0.4 is 15.4 Å². The first-order chi connectivity index (χ1) is 16.0. The van der Waals surface area contributed by atoms with E-state index in [1.165, 1.54) is 19.3 Å². The van der Waals surface area contributed by atoms with Crippen LogP contribution in [0.5, 0.6) is 0 Å². The molecule has 4 rings (SSSR count). The number of anilines is 1. The molecule has 0 radical (unpaired) electrons. The van der Waals surface area contributed by atoms with Crippen LogP contribution in [0.4, 0.5) is 5.69 Å². The second kappa shape index (κ2) is 11.4. The lowest BCUT2D eigenvalue weighted by Gasteiger charge is -2.22. The second-order valence-corrected chi connectivity index (χ2v) is 11.0. The first-order valence-electron chi connectivity index (χ1n) is 11.8. The molecule has 2 heterocycles. The summed E-state index contributed by atoms with van der Waals surface area (Å²) in [6, 6.07) is 12.8. The molecule has 0 saturated carbocycles. The van der Waals surface area contributed by atoms with Crippen LogP contribution >= 0.6 is 11.6 Å². The third-order valence-electron chi connectivity index (χ3n) is 6.39. The van der Waals surface area contributed by atoms with Crippen molar-refractivity contribution in [2.45, 2.75) is 43.4 Å². The van der Waals surface area contributed by atoms with E-state index in [4.69, 9.17) is 11.6 Å². The van der Waals surface area contributed by atoms with Crippen molar-refractivity contribution < 1.29 is 8.42 Å². The van der Waals surface area contributed by atoms with E-state index in [0.717, 1.165) is 60.5 Å². The molecule has 3 aromatic rings. The molecule has 0 unspecified atom stereocenters. The molecular formula is C25H33ClN4O2S. The molecule has 0 bridgehead atoms. The van der Waals surface area contributed by atoms with Gasteiger partial charge in [-0.25, -0.2) is 13.1 Å². The first-order valence-corrected chi connectivity index (χ1v) is 13.7. The zero-order valence-electron chi connectivity index (χ0n) is 18.9. The van der Waals surface area contributed by atoms with E-state index in [1.807, 2.05) is 36.5 Å². The van der Waals surface area contributed by atoms with E-state index in [-0.39, 0.29) is 0 Å². The van der Waals surface area contributed by atoms with Crippen LogP contribution in [0.25, 0.3) is 10.9 Å². The molecule has 0 amide bonds. The number of H-pyrrole nitrogens is 1. The highest BCUT2D eigenvalue weighted by atomic mass is 35.5. The number of rotatable bonds is 11. The van der Waals surface area contributed by atoms with Gasteiger partial charge in [0, 0.05) is 40.9 Å². The number of piperidine rings is 1. The molecule has 0 aliphatic carbocycles. The van der Waals surface area contributed by atoms with E-state index in [2.05, 4.69) is 20.3 Å². The number of benzene rings is 2. The lowest BCUT2D eigenvalue weighted by molar-refractivity contribution is 0.350. The number of nitrogens with one attached hydrogen (secondary N) is 4. The van der Waals surface area contributed by atoms with Gasteiger partial charge >= 0.3 is 0 Å². The van der Waals surface area contributed by atoms with Crippen LogP contribution in [0.1, 0.15) is 37.7 Å². The molecule has 0 atom stereocenters. The van der Waals surface area contributed by atoms with Gasteiger partial charge in [0.05, 0.1) is 4.90 Å². The van der Waals surface area contributed by atoms with Gasteiger partial charge in [-0.1, -0.05) is 11.6 Å². The van der Waals surface area contributed by atoms with E-state index in [0.29, 0.717) is 22.9 Å². The molecule has 4 N–H and O–H groups in total. The van der Waals surface area contributed by atoms with E-state index >= 15 is 0 Å². The Bertz CT molecular complexity index is 1140. The maximum absolute atomic E-state index is 12.6. The molecular weight excluding hydrogens is 456 g/mol. The van der Waals surface area contributed by atoms with Crippen LogP contribution in [0.3, 0.4) is 0 Å². The van der Waals surface area contributed by atoms with Crippen LogP contribution in [-0.4, -0.2) is 39.6 Å². The van der Waals surface area contributed by atoms with Crippen molar-refractivity contribution in [3.8, 4) is 0 Å². The van der Waals surface area contributed by atoms with Crippen molar-refractivity contribution in [3.63, 3.8) is 0 Å². The molecule has 1 aromatic heterocycles. The quantitative estimate of drug-likeness (QED) is 0.288. The first kappa shape index (κ1) is 24.1. The summed E-state index contributed by atoms with van der Waals surface area (Å²) in [5.74, 6) is 0.834. The highest BCUT2D eigenvalue weighted by Crippen LogP contribution is 2.23. The largest absolute Gasteiger partial charge is 0.385 e. The van der Waals surface area contributed by atoms with Crippen molar-refractivity contribution >= 4 is 38.2 Å². The molecule has 0 spiro atoms. The number of aromatic amines is 1. The Kier molecular flexibility index (Phi) is 8.30. The topological polar surface area (TPSA) is 86.0 Å². The monoisotopic (exact) mass is 488 g/mol. The smallest absolute Gasteiger partial charge is 0.240 e. The highest BCUT2D eigenvalue weighted by Gasteiger charge is 2.14. The number of hydrogen-bond donors (Lipinski definition) is 4. The minimum atomic E-state index is -3.52. The summed E-state index contributed by atoms with van der Waals surface area (Å²) < 4.78 is 28.0. The summed E-state index contributed by atoms with van der Waals surface area (Å²) in [6.07, 6.45) is 8.36. The molecule has 178 valence electrons. The van der Waals surface area contributed by atoms with Crippen molar-refractivity contribution in [1.29, 1.82) is 0 Å². The van der Waals surface area contributed by atoms with Gasteiger partial charge < -0.3 is 15.6 Å². The number of aryl methyl sites for hydroxylation is 1. The number of sulfonamides is 1. The summed E-state index contributed by atoms with van der Waals surface area (Å²) in [4.78, 5) is 3.53. The zero-order valence-corrected chi connectivity index (χ0v) is 20.4. The van der Waals surface area contributed by atoms with Gasteiger partial charge in [0.15, 0.2) is 0 Å². The number of halogens is 1. The average Bonchev–Trinajstić information content (AvgIpc) is 3.22. The molecule has 2 aromatic carbocycles. The molecule has 33 heavy (non-hydrogen) atoms. The maximum atomic E-state index is 12.6. The Labute approximate surface area is 201 Å². The molecule has 1 saturated heterocycles. The van der Waals surface area contributed by atoms with Gasteiger partial charge in [0.25, 0.3) is 0 Å². The summed E-state index contributed by atoms with van der Waals surface area (Å²) in [6.45, 7) is 3.57. The van der Waals surface area contributed by atoms with Gasteiger partial charge in [0.2, 0.25) is 10.0 Å². The second-order valence-electron chi connectivity index (χ2n) is 8.79. The fourth-order valence-corrected chi connectivity index (χ4v) is 5.72. The van der Waals surface area contributed by atoms with E-state index in [1.54, 1.807) is 12.1 Å². The molecule has 1 aliphatic rings. The Morgan fingerprint density at radius 3 is 2.58 bits per heavy atom. The van der Waals surface area contributed by atoms with Gasteiger partial charge in [0.1, 0.15) is 0 Å². The predicted octanol–water partition coefficient (Wildman–Crippen LogP) is 4.92. The number of hydrogen-bond acceptors (Lipinski definition) is 4. The van der Waals surface area contributed by atoms with Crippen molar-refractivity contribution in [2.75, 3.05) is 31.5 Å². The fraction of sp³-hybridized carbons (Fsp3) is 0.440. The normalized spacial score (nSPS) is 15.2. The Morgan fingerprint density at radius 2 is 1.79 bits per heavy atom. The highest BCUT2D eigenvalue weighted by molar-refractivity contribution is 7.89. The predicted molar refractivity (Wildman–Crippen MR) is 137 cm³/mol. The lowest BCUT2D eigenvalue weighted by Crippen LogP contribution is -2.27. The Hall–Kier alpha value is -2.06. The average molecular weight is 489 g/mol. The number of fused-ring (bicyclic) bond motifs is 1. The molecule has 8 heteroatoms. The Balaban J connectivity index is 1.20. The lowest BCUT2D eigenvalue weighted by atomic mass is 9.93. The SMILES string of the molecule is O=S(=O)(NCCCc1c[nH]c2ccc(Cl)cc12)c1ccc(NCCCC2CCNCC2)cc1. The van der Waals surface area contributed by atoms with Gasteiger partial charge in [-0.05, 0) is 106 Å². The molecule has 6 nitrogen and oxygen atoms in total. The van der Waals surface area contributed by atoms with Crippen LogP contribution in [0.15, 0.2) is 53.6 Å². The van der Waals surface area contributed by atoms with Crippen LogP contribution in [-0.2, 0) is 16.4 Å². The molecule has 1 fully saturated rings. The zero-order chi connectivity index (χ0) is 23.1. The summed E-state index contributed by atoms with van der Waals surface area (Å²) in [5, 5.41) is 8.59. The minimum Gasteiger partial charge on any atom is -0.385 e. The van der Waals surface area contributed by atoms with Gasteiger partial charge in [-0.3, -0.25) is 0 Å². The fourth-order valence-electron chi connectivity index (χ4n) is 4.47. The van der Waals surface area contributed by atoms with E-state index in [9.17, 15) is 8.42 Å². The number of aromatic nitrogens is 1. The van der Waals surface area contributed by atoms with Crippen LogP contribution in [0, 0.1) is 5.92 Å². The summed E-state index contributed by atoms with van der Waals surface area (Å²) in [7, 11) is -3.52. The third kappa shape index (κ3) is 6.73. The third-order valence-corrected chi connectivity index (χ3v) is 8.10. The standard InChI is InChI=1S/C25H33ClN4O2S/c26-21-5-10-25-24(17-21)20(18-29-25)4-2-14-30-33(31,32)23-8-6-22(7-9-23)28-13-1-3-19-11-15-27-16-12-19/h5-10,17-19,27-30H,1-4,11-16H2.